The number of carbonyl (C=O) groups is 1. The van der Waals surface area contributed by atoms with Crippen LogP contribution >= 0.6 is 11.3 Å². The van der Waals surface area contributed by atoms with Crippen molar-refractivity contribution in [3.8, 4) is 0 Å². The quantitative estimate of drug-likeness (QED) is 0.879. The summed E-state index contributed by atoms with van der Waals surface area (Å²) in [5.41, 5.74) is 1.31. The molecule has 0 amide bonds. The third-order valence-electron chi connectivity index (χ3n) is 3.12. The third kappa shape index (κ3) is 2.13. The zero-order chi connectivity index (χ0) is 11.7. The van der Waals surface area contributed by atoms with Gasteiger partial charge in [-0.25, -0.2) is 0 Å². The van der Waals surface area contributed by atoms with E-state index in [2.05, 4.69) is 16.3 Å². The van der Waals surface area contributed by atoms with Gasteiger partial charge in [-0.15, -0.1) is 11.3 Å². The average Bonchev–Trinajstić information content (AvgIpc) is 2.63. The predicted molar refractivity (Wildman–Crippen MR) is 64.7 cm³/mol. The first-order valence-corrected chi connectivity index (χ1v) is 6.49. The fourth-order valence-corrected chi connectivity index (χ4v) is 3.26. The smallest absolute Gasteiger partial charge is 0.321 e. The first-order valence-electron chi connectivity index (χ1n) is 5.61. The van der Waals surface area contributed by atoms with Gasteiger partial charge in [0.05, 0.1) is 0 Å². The first-order chi connectivity index (χ1) is 7.59. The molecule has 1 atom stereocenters. The highest BCUT2D eigenvalue weighted by molar-refractivity contribution is 7.10. The molecule has 0 saturated heterocycles. The maximum atomic E-state index is 11.3. The van der Waals surface area contributed by atoms with Crippen LogP contribution in [-0.2, 0) is 17.8 Å². The molecule has 2 rings (SSSR count). The number of fused-ring (bicyclic) bond motifs is 1. The monoisotopic (exact) mass is 239 g/mol. The van der Waals surface area contributed by atoms with Gasteiger partial charge < -0.3 is 5.11 Å². The minimum Gasteiger partial charge on any atom is -0.480 e. The molecule has 4 heteroatoms. The van der Waals surface area contributed by atoms with Crippen molar-refractivity contribution in [1.82, 2.24) is 4.90 Å². The Kier molecular flexibility index (Phi) is 3.30. The lowest BCUT2D eigenvalue weighted by molar-refractivity contribution is -0.145. The zero-order valence-electron chi connectivity index (χ0n) is 9.64. The van der Waals surface area contributed by atoms with Crippen molar-refractivity contribution in [3.63, 3.8) is 0 Å². The van der Waals surface area contributed by atoms with Gasteiger partial charge in [0.1, 0.15) is 6.04 Å². The van der Waals surface area contributed by atoms with Gasteiger partial charge in [0.25, 0.3) is 0 Å². The topological polar surface area (TPSA) is 40.5 Å². The number of nitrogens with zero attached hydrogens (tertiary/aromatic N) is 1. The lowest BCUT2D eigenvalue weighted by Gasteiger charge is -2.34. The molecule has 1 aliphatic rings. The van der Waals surface area contributed by atoms with Gasteiger partial charge in [-0.2, -0.15) is 0 Å². The van der Waals surface area contributed by atoms with Crippen molar-refractivity contribution < 1.29 is 9.90 Å². The fourth-order valence-electron chi connectivity index (χ4n) is 2.37. The van der Waals surface area contributed by atoms with Gasteiger partial charge in [0, 0.05) is 18.0 Å². The molecule has 3 nitrogen and oxygen atoms in total. The van der Waals surface area contributed by atoms with Gasteiger partial charge >= 0.3 is 5.97 Å². The molecule has 0 spiro atoms. The highest BCUT2D eigenvalue weighted by Gasteiger charge is 2.31. The van der Waals surface area contributed by atoms with E-state index in [9.17, 15) is 9.90 Å². The molecule has 0 saturated carbocycles. The summed E-state index contributed by atoms with van der Waals surface area (Å²) in [5.74, 6) is -0.550. The second-order valence-corrected chi connectivity index (χ2v) is 5.62. The second-order valence-electron chi connectivity index (χ2n) is 4.62. The molecule has 2 heterocycles. The number of hydrogen-bond donors (Lipinski definition) is 1. The van der Waals surface area contributed by atoms with Crippen molar-refractivity contribution in [2.24, 2.45) is 5.92 Å². The summed E-state index contributed by atoms with van der Waals surface area (Å²) >= 11 is 1.78. The summed E-state index contributed by atoms with van der Waals surface area (Å²) in [7, 11) is 0. The summed E-state index contributed by atoms with van der Waals surface area (Å²) in [5, 5.41) is 11.4. The Balaban J connectivity index is 2.15. The van der Waals surface area contributed by atoms with E-state index in [-0.39, 0.29) is 12.0 Å². The molecular weight excluding hydrogens is 222 g/mol. The summed E-state index contributed by atoms with van der Waals surface area (Å²) in [6.45, 7) is 5.60. The van der Waals surface area contributed by atoms with E-state index in [4.69, 9.17) is 0 Å². The zero-order valence-corrected chi connectivity index (χ0v) is 10.5. The minimum absolute atomic E-state index is 0.151. The van der Waals surface area contributed by atoms with Crippen LogP contribution < -0.4 is 0 Å². The highest BCUT2D eigenvalue weighted by Crippen LogP contribution is 2.26. The van der Waals surface area contributed by atoms with Crippen LogP contribution in [0.5, 0.6) is 0 Å². The molecular formula is C12H17NO2S. The number of carboxylic acid groups (broad SMARTS) is 1. The Bertz CT molecular complexity index is 386. The summed E-state index contributed by atoms with van der Waals surface area (Å²) in [6, 6.07) is 1.76. The van der Waals surface area contributed by atoms with Crippen LogP contribution in [0.15, 0.2) is 11.4 Å². The molecule has 1 aliphatic heterocycles. The van der Waals surface area contributed by atoms with Gasteiger partial charge in [-0.05, 0) is 29.3 Å². The summed E-state index contributed by atoms with van der Waals surface area (Å²) in [4.78, 5) is 14.8. The normalized spacial score (nSPS) is 18.4. The number of aliphatic carboxylic acids is 1. The third-order valence-corrected chi connectivity index (χ3v) is 4.14. The van der Waals surface area contributed by atoms with Crippen molar-refractivity contribution >= 4 is 17.3 Å². The SMILES string of the molecule is CC(C)C(C(=O)O)N1CCc2sccc2C1. The minimum atomic E-state index is -0.700. The number of thiophene rings is 1. The lowest BCUT2D eigenvalue weighted by atomic mass is 9.99. The van der Waals surface area contributed by atoms with Crippen molar-refractivity contribution in [2.75, 3.05) is 6.54 Å². The van der Waals surface area contributed by atoms with E-state index >= 15 is 0 Å². The molecule has 1 aromatic rings. The van der Waals surface area contributed by atoms with Crippen molar-refractivity contribution in [3.05, 3.63) is 21.9 Å². The van der Waals surface area contributed by atoms with Gasteiger partial charge in [-0.3, -0.25) is 9.69 Å². The molecule has 0 aliphatic carbocycles. The van der Waals surface area contributed by atoms with E-state index in [0.29, 0.717) is 0 Å². The van der Waals surface area contributed by atoms with Crippen LogP contribution in [0, 0.1) is 5.92 Å². The number of hydrogen-bond acceptors (Lipinski definition) is 3. The Labute approximate surface area is 99.7 Å². The van der Waals surface area contributed by atoms with Gasteiger partial charge in [0.2, 0.25) is 0 Å². The van der Waals surface area contributed by atoms with Crippen molar-refractivity contribution in [2.45, 2.75) is 32.9 Å². The van der Waals surface area contributed by atoms with E-state index in [1.165, 1.54) is 10.4 Å². The van der Waals surface area contributed by atoms with Crippen LogP contribution in [0.4, 0.5) is 0 Å². The Morgan fingerprint density at radius 3 is 2.94 bits per heavy atom. The Morgan fingerprint density at radius 2 is 2.31 bits per heavy atom. The molecule has 0 fully saturated rings. The molecule has 1 unspecified atom stereocenters. The predicted octanol–water partition coefficient (Wildman–Crippen LogP) is 2.22. The maximum absolute atomic E-state index is 11.3. The summed E-state index contributed by atoms with van der Waals surface area (Å²) < 4.78 is 0. The largest absolute Gasteiger partial charge is 0.480 e. The average molecular weight is 239 g/mol. The standard InChI is InChI=1S/C12H17NO2S/c1-8(2)11(12(14)15)13-5-3-10-9(7-13)4-6-16-10/h4,6,8,11H,3,5,7H2,1-2H3,(H,14,15). The molecule has 88 valence electrons. The molecule has 0 radical (unpaired) electrons. The lowest BCUT2D eigenvalue weighted by Crippen LogP contribution is -2.46. The highest BCUT2D eigenvalue weighted by atomic mass is 32.1. The second kappa shape index (κ2) is 4.55. The maximum Gasteiger partial charge on any atom is 0.321 e. The fraction of sp³-hybridized carbons (Fsp3) is 0.583. The Hall–Kier alpha value is -0.870. The molecule has 16 heavy (non-hydrogen) atoms. The van der Waals surface area contributed by atoms with Crippen molar-refractivity contribution in [1.29, 1.82) is 0 Å². The van der Waals surface area contributed by atoms with Crippen LogP contribution in [0.2, 0.25) is 0 Å². The van der Waals surface area contributed by atoms with Crippen LogP contribution in [0.3, 0.4) is 0 Å². The molecule has 1 N–H and O–H groups in total. The van der Waals surface area contributed by atoms with Gasteiger partial charge in [0.15, 0.2) is 0 Å². The van der Waals surface area contributed by atoms with E-state index in [1.54, 1.807) is 11.3 Å². The Morgan fingerprint density at radius 1 is 1.56 bits per heavy atom. The van der Waals surface area contributed by atoms with E-state index in [0.717, 1.165) is 19.5 Å². The number of carboxylic acids is 1. The molecule has 0 aromatic carbocycles. The summed E-state index contributed by atoms with van der Waals surface area (Å²) in [6.07, 6.45) is 0.990. The molecule has 1 aromatic heterocycles. The molecule has 0 bridgehead atoms. The number of rotatable bonds is 3. The van der Waals surface area contributed by atoms with Crippen LogP contribution in [0.25, 0.3) is 0 Å². The van der Waals surface area contributed by atoms with Gasteiger partial charge in [-0.1, -0.05) is 13.8 Å². The van der Waals surface area contributed by atoms with Crippen LogP contribution in [0.1, 0.15) is 24.3 Å². The first kappa shape index (κ1) is 11.6. The van der Waals surface area contributed by atoms with E-state index in [1.807, 2.05) is 13.8 Å². The van der Waals surface area contributed by atoms with Crippen LogP contribution in [-0.4, -0.2) is 28.6 Å². The van der Waals surface area contributed by atoms with E-state index < -0.39 is 5.97 Å².